The second-order valence-corrected chi connectivity index (χ2v) is 7.58. The van der Waals surface area contributed by atoms with Gasteiger partial charge in [-0.25, -0.2) is 0 Å². The van der Waals surface area contributed by atoms with Crippen molar-refractivity contribution in [2.24, 2.45) is 0 Å². The van der Waals surface area contributed by atoms with Crippen molar-refractivity contribution in [1.29, 1.82) is 0 Å². The van der Waals surface area contributed by atoms with Crippen LogP contribution in [0.15, 0.2) is 0 Å². The van der Waals surface area contributed by atoms with Gasteiger partial charge >= 0.3 is 0 Å². The fourth-order valence-corrected chi connectivity index (χ4v) is 4.34. The van der Waals surface area contributed by atoms with Crippen LogP contribution in [0.3, 0.4) is 0 Å². The van der Waals surface area contributed by atoms with E-state index < -0.39 is 0 Å². The molecule has 0 aromatic carbocycles. The lowest BCUT2D eigenvalue weighted by Gasteiger charge is -2.43. The summed E-state index contributed by atoms with van der Waals surface area (Å²) in [7, 11) is 0. The van der Waals surface area contributed by atoms with Gasteiger partial charge in [0.25, 0.3) is 0 Å². The zero-order valence-corrected chi connectivity index (χ0v) is 18.5. The van der Waals surface area contributed by atoms with E-state index in [9.17, 15) is 0 Å². The van der Waals surface area contributed by atoms with Gasteiger partial charge in [-0.3, -0.25) is 0 Å². The molecule has 1 atom stereocenters. The molecule has 1 unspecified atom stereocenters. The largest absolute Gasteiger partial charge is 1.00 e. The molecule has 0 saturated heterocycles. The van der Waals surface area contributed by atoms with Crippen molar-refractivity contribution in [3.63, 3.8) is 0 Å². The van der Waals surface area contributed by atoms with E-state index in [4.69, 9.17) is 0 Å². The smallest absolute Gasteiger partial charge is 0.0889 e. The summed E-state index contributed by atoms with van der Waals surface area (Å²) in [6.45, 7) is 15.8. The van der Waals surface area contributed by atoms with Crippen LogP contribution >= 0.6 is 0 Å². The van der Waals surface area contributed by atoms with Crippen molar-refractivity contribution in [3.05, 3.63) is 0 Å². The molecule has 0 aliphatic carbocycles. The van der Waals surface area contributed by atoms with Crippen LogP contribution in [0.5, 0.6) is 0 Å². The Kier molecular flexibility index (Phi) is 19.9. The molecule has 0 amide bonds. The summed E-state index contributed by atoms with van der Waals surface area (Å²) in [5, 5.41) is 0. The molecule has 0 aliphatic rings. The molecular formula is C22H48ClN. The minimum absolute atomic E-state index is 0. The van der Waals surface area contributed by atoms with Crippen molar-refractivity contribution in [1.82, 2.24) is 0 Å². The van der Waals surface area contributed by atoms with Crippen LogP contribution in [-0.2, 0) is 0 Å². The van der Waals surface area contributed by atoms with Crippen LogP contribution in [-0.4, -0.2) is 30.2 Å². The minimum atomic E-state index is 0. The van der Waals surface area contributed by atoms with Crippen LogP contribution in [0, 0.1) is 0 Å². The highest BCUT2D eigenvalue weighted by Crippen LogP contribution is 2.23. The van der Waals surface area contributed by atoms with Crippen molar-refractivity contribution < 1.29 is 16.9 Å². The Hall–Kier alpha value is 0.250. The fraction of sp³-hybridized carbons (Fsp3) is 1.00. The third kappa shape index (κ3) is 11.0. The Bertz CT molecular complexity index is 230. The maximum absolute atomic E-state index is 2.40. The van der Waals surface area contributed by atoms with Gasteiger partial charge in [0.15, 0.2) is 0 Å². The number of hydrogen-bond donors (Lipinski definition) is 0. The Labute approximate surface area is 161 Å². The number of quaternary nitrogens is 1. The van der Waals surface area contributed by atoms with Crippen molar-refractivity contribution in [3.8, 4) is 0 Å². The van der Waals surface area contributed by atoms with E-state index in [-0.39, 0.29) is 12.4 Å². The van der Waals surface area contributed by atoms with E-state index in [0.29, 0.717) is 0 Å². The summed E-state index contributed by atoms with van der Waals surface area (Å²) in [5.74, 6) is 0. The normalized spacial score (nSPS) is 12.9. The molecule has 0 aliphatic heterocycles. The summed E-state index contributed by atoms with van der Waals surface area (Å²) in [6, 6.07) is 0.911. The number of hydrogen-bond acceptors (Lipinski definition) is 0. The quantitative estimate of drug-likeness (QED) is 0.267. The van der Waals surface area contributed by atoms with Crippen molar-refractivity contribution in [2.45, 2.75) is 124 Å². The Morgan fingerprint density at radius 3 is 1.29 bits per heavy atom. The van der Waals surface area contributed by atoms with Crippen LogP contribution in [0.1, 0.15) is 118 Å². The predicted molar refractivity (Wildman–Crippen MR) is 107 cm³/mol. The molecule has 0 spiro atoms. The monoisotopic (exact) mass is 361 g/mol. The van der Waals surface area contributed by atoms with E-state index >= 15 is 0 Å². The molecule has 0 bridgehead atoms. The molecule has 0 radical (unpaired) electrons. The Morgan fingerprint density at radius 1 is 0.500 bits per heavy atom. The molecule has 148 valence electrons. The summed E-state index contributed by atoms with van der Waals surface area (Å²) in [6.07, 6.45) is 18.8. The first-order valence-electron chi connectivity index (χ1n) is 11.1. The van der Waals surface area contributed by atoms with Gasteiger partial charge < -0.3 is 16.9 Å². The second kappa shape index (κ2) is 18.1. The Balaban J connectivity index is 0. The summed E-state index contributed by atoms with van der Waals surface area (Å²) in [5.41, 5.74) is 0. The van der Waals surface area contributed by atoms with Gasteiger partial charge in [0.2, 0.25) is 0 Å². The minimum Gasteiger partial charge on any atom is -1.00 e. The van der Waals surface area contributed by atoms with Crippen LogP contribution in [0.4, 0.5) is 0 Å². The number of nitrogens with zero attached hydrogens (tertiary/aromatic N) is 1. The lowest BCUT2D eigenvalue weighted by Crippen LogP contribution is -3.00. The molecule has 1 nitrogen and oxygen atoms in total. The molecule has 0 heterocycles. The maximum Gasteiger partial charge on any atom is 0.0889 e. The van der Waals surface area contributed by atoms with Gasteiger partial charge in [-0.2, -0.15) is 0 Å². The molecule has 0 fully saturated rings. The van der Waals surface area contributed by atoms with Gasteiger partial charge in [-0.15, -0.1) is 0 Å². The summed E-state index contributed by atoms with van der Waals surface area (Å²) < 4.78 is 1.35. The summed E-state index contributed by atoms with van der Waals surface area (Å²) >= 11 is 0. The summed E-state index contributed by atoms with van der Waals surface area (Å²) in [4.78, 5) is 0. The average molecular weight is 362 g/mol. The Morgan fingerprint density at radius 2 is 0.917 bits per heavy atom. The molecule has 24 heavy (non-hydrogen) atoms. The predicted octanol–water partition coefficient (Wildman–Crippen LogP) is 4.35. The lowest BCUT2D eigenvalue weighted by molar-refractivity contribution is -0.947. The van der Waals surface area contributed by atoms with Crippen molar-refractivity contribution in [2.75, 3.05) is 19.6 Å². The molecule has 0 aromatic rings. The van der Waals surface area contributed by atoms with E-state index in [2.05, 4.69) is 34.6 Å². The molecule has 0 aromatic heterocycles. The van der Waals surface area contributed by atoms with E-state index in [1.165, 1.54) is 108 Å². The van der Waals surface area contributed by atoms with Gasteiger partial charge in [0.05, 0.1) is 25.7 Å². The van der Waals surface area contributed by atoms with Crippen LogP contribution in [0.25, 0.3) is 0 Å². The third-order valence-electron chi connectivity index (χ3n) is 6.18. The number of unbranched alkanes of at least 4 members (excludes halogenated alkanes) is 9. The van der Waals surface area contributed by atoms with Crippen LogP contribution in [0.2, 0.25) is 0 Å². The zero-order chi connectivity index (χ0) is 17.4. The molecule has 0 saturated carbocycles. The first-order chi connectivity index (χ1) is 11.2. The number of halogens is 1. The van der Waals surface area contributed by atoms with Gasteiger partial charge in [-0.05, 0) is 40.0 Å². The molecule has 0 N–H and O–H groups in total. The molecular weight excluding hydrogens is 314 g/mol. The third-order valence-corrected chi connectivity index (χ3v) is 6.18. The highest BCUT2D eigenvalue weighted by atomic mass is 35.5. The van der Waals surface area contributed by atoms with E-state index in [1.807, 2.05) is 0 Å². The first-order valence-corrected chi connectivity index (χ1v) is 11.1. The average Bonchev–Trinajstić information content (AvgIpc) is 2.58. The SMILES string of the molecule is CCCCCCCCCCCCC(CCC)[N+](CC)(CC)CC.[Cl-]. The zero-order valence-electron chi connectivity index (χ0n) is 17.7. The van der Waals surface area contributed by atoms with E-state index in [0.717, 1.165) is 6.04 Å². The first kappa shape index (κ1) is 26.5. The fourth-order valence-electron chi connectivity index (χ4n) is 4.34. The topological polar surface area (TPSA) is 0 Å². The maximum atomic E-state index is 2.40. The highest BCUT2D eigenvalue weighted by Gasteiger charge is 2.30. The van der Waals surface area contributed by atoms with Crippen molar-refractivity contribution >= 4 is 0 Å². The van der Waals surface area contributed by atoms with Gasteiger partial charge in [-0.1, -0.05) is 78.1 Å². The highest BCUT2D eigenvalue weighted by molar-refractivity contribution is 4.61. The van der Waals surface area contributed by atoms with Gasteiger partial charge in [0, 0.05) is 0 Å². The standard InChI is InChI=1S/C22H48N.ClH/c1-6-11-12-13-14-15-16-17-18-19-21-22(20-7-2)23(8-3,9-4)10-5;/h22H,6-21H2,1-5H3;1H/q+1;/p-1. The lowest BCUT2D eigenvalue weighted by atomic mass is 9.98. The number of rotatable bonds is 17. The second-order valence-electron chi connectivity index (χ2n) is 7.58. The van der Waals surface area contributed by atoms with Gasteiger partial charge in [0.1, 0.15) is 0 Å². The van der Waals surface area contributed by atoms with Crippen LogP contribution < -0.4 is 12.4 Å². The molecule has 2 heteroatoms. The van der Waals surface area contributed by atoms with E-state index in [1.54, 1.807) is 0 Å². The molecule has 0 rings (SSSR count).